The number of rotatable bonds is 9. The van der Waals surface area contributed by atoms with Gasteiger partial charge in [0.15, 0.2) is 12.4 Å². The predicted octanol–water partition coefficient (Wildman–Crippen LogP) is 3.59. The highest BCUT2D eigenvalue weighted by atomic mass is 32.1. The van der Waals surface area contributed by atoms with Gasteiger partial charge in [-0.1, -0.05) is 11.6 Å². The first-order chi connectivity index (χ1) is 13.8. The SMILES string of the molecule is Cc1cc(C(=O)CCC(=O)OCC(=O)NC(=O)NCCC2=CCCCC2)c(C)s1. The summed E-state index contributed by atoms with van der Waals surface area (Å²) >= 11 is 1.53. The number of hydrogen-bond acceptors (Lipinski definition) is 6. The molecule has 0 fully saturated rings. The summed E-state index contributed by atoms with van der Waals surface area (Å²) < 4.78 is 4.84. The Morgan fingerprint density at radius 2 is 1.93 bits per heavy atom. The van der Waals surface area contributed by atoms with E-state index in [-0.39, 0.29) is 18.6 Å². The molecule has 2 rings (SSSR count). The molecule has 1 aromatic rings. The van der Waals surface area contributed by atoms with Gasteiger partial charge in [-0.25, -0.2) is 4.79 Å². The van der Waals surface area contributed by atoms with Crippen molar-refractivity contribution in [2.45, 2.75) is 58.8 Å². The molecule has 1 aliphatic rings. The van der Waals surface area contributed by atoms with Crippen molar-refractivity contribution in [1.29, 1.82) is 0 Å². The zero-order valence-electron chi connectivity index (χ0n) is 17.0. The lowest BCUT2D eigenvalue weighted by Crippen LogP contribution is -2.41. The number of Topliss-reactive ketones (excluding diaryl/α,β-unsaturated/α-hetero) is 1. The molecule has 7 nitrogen and oxygen atoms in total. The van der Waals surface area contributed by atoms with E-state index in [0.29, 0.717) is 12.1 Å². The van der Waals surface area contributed by atoms with Crippen LogP contribution in [-0.2, 0) is 14.3 Å². The number of carbonyl (C=O) groups is 4. The third-order valence-electron chi connectivity index (χ3n) is 4.63. The Morgan fingerprint density at radius 1 is 1.14 bits per heavy atom. The van der Waals surface area contributed by atoms with E-state index in [2.05, 4.69) is 16.7 Å². The average Bonchev–Trinajstić information content (AvgIpc) is 3.03. The number of carbonyl (C=O) groups excluding carboxylic acids is 4. The Bertz CT molecular complexity index is 797. The normalized spacial score (nSPS) is 13.4. The second-order valence-corrected chi connectivity index (χ2v) is 8.53. The molecule has 0 atom stereocenters. The van der Waals surface area contributed by atoms with Crippen molar-refractivity contribution in [2.24, 2.45) is 0 Å². The maximum Gasteiger partial charge on any atom is 0.321 e. The number of amides is 3. The smallest absolute Gasteiger partial charge is 0.321 e. The lowest BCUT2D eigenvalue weighted by molar-refractivity contribution is -0.148. The largest absolute Gasteiger partial charge is 0.456 e. The molecule has 0 aromatic carbocycles. The van der Waals surface area contributed by atoms with Crippen LogP contribution in [-0.4, -0.2) is 36.8 Å². The molecule has 0 saturated heterocycles. The molecule has 0 aliphatic heterocycles. The molecule has 0 bridgehead atoms. The van der Waals surface area contributed by atoms with Gasteiger partial charge in [0, 0.05) is 28.3 Å². The van der Waals surface area contributed by atoms with Crippen molar-refractivity contribution >= 4 is 35.0 Å². The zero-order chi connectivity index (χ0) is 21.2. The van der Waals surface area contributed by atoms with Crippen LogP contribution in [0.2, 0.25) is 0 Å². The van der Waals surface area contributed by atoms with Gasteiger partial charge in [0.1, 0.15) is 0 Å². The second kappa shape index (κ2) is 11.5. The third kappa shape index (κ3) is 8.19. The Labute approximate surface area is 174 Å². The summed E-state index contributed by atoms with van der Waals surface area (Å²) in [5.74, 6) is -1.48. The predicted molar refractivity (Wildman–Crippen MR) is 111 cm³/mol. The lowest BCUT2D eigenvalue weighted by Gasteiger charge is -2.13. The first-order valence-corrected chi connectivity index (χ1v) is 10.7. The van der Waals surface area contributed by atoms with Crippen molar-refractivity contribution in [1.82, 2.24) is 10.6 Å². The van der Waals surface area contributed by atoms with Gasteiger partial charge in [-0.3, -0.25) is 19.7 Å². The van der Waals surface area contributed by atoms with Crippen LogP contribution in [0.5, 0.6) is 0 Å². The Balaban J connectivity index is 1.59. The van der Waals surface area contributed by atoms with Gasteiger partial charge in [0.05, 0.1) is 6.42 Å². The van der Waals surface area contributed by atoms with Crippen LogP contribution < -0.4 is 10.6 Å². The molecule has 158 valence electrons. The van der Waals surface area contributed by atoms with Gasteiger partial charge in [-0.05, 0) is 52.0 Å². The van der Waals surface area contributed by atoms with Crippen molar-refractivity contribution in [2.75, 3.05) is 13.2 Å². The van der Waals surface area contributed by atoms with Crippen LogP contribution in [0.3, 0.4) is 0 Å². The van der Waals surface area contributed by atoms with Gasteiger partial charge in [-0.15, -0.1) is 11.3 Å². The molecule has 29 heavy (non-hydrogen) atoms. The number of allylic oxidation sites excluding steroid dienone is 1. The molecule has 1 aliphatic carbocycles. The molecule has 0 spiro atoms. The van der Waals surface area contributed by atoms with Crippen LogP contribution in [0.4, 0.5) is 4.79 Å². The lowest BCUT2D eigenvalue weighted by atomic mass is 9.97. The zero-order valence-corrected chi connectivity index (χ0v) is 17.8. The van der Waals surface area contributed by atoms with E-state index < -0.39 is 24.5 Å². The maximum atomic E-state index is 12.1. The van der Waals surface area contributed by atoms with Crippen molar-refractivity contribution in [3.05, 3.63) is 33.0 Å². The highest BCUT2D eigenvalue weighted by Crippen LogP contribution is 2.22. The minimum absolute atomic E-state index is 0.0216. The van der Waals surface area contributed by atoms with Gasteiger partial charge in [-0.2, -0.15) is 0 Å². The fourth-order valence-corrected chi connectivity index (χ4v) is 4.09. The second-order valence-electron chi connectivity index (χ2n) is 7.07. The first-order valence-electron chi connectivity index (χ1n) is 9.86. The summed E-state index contributed by atoms with van der Waals surface area (Å²) in [6, 6.07) is 1.20. The number of imide groups is 1. The number of ketones is 1. The van der Waals surface area contributed by atoms with E-state index in [1.807, 2.05) is 19.9 Å². The van der Waals surface area contributed by atoms with Crippen molar-refractivity contribution < 1.29 is 23.9 Å². The van der Waals surface area contributed by atoms with Crippen LogP contribution in [0, 0.1) is 13.8 Å². The topological polar surface area (TPSA) is 102 Å². The van der Waals surface area contributed by atoms with E-state index in [1.54, 1.807) is 0 Å². The quantitative estimate of drug-likeness (QED) is 0.361. The third-order valence-corrected chi connectivity index (χ3v) is 5.60. The van der Waals surface area contributed by atoms with Gasteiger partial charge < -0.3 is 10.1 Å². The number of ether oxygens (including phenoxy) is 1. The van der Waals surface area contributed by atoms with E-state index >= 15 is 0 Å². The van der Waals surface area contributed by atoms with E-state index in [0.717, 1.165) is 29.0 Å². The highest BCUT2D eigenvalue weighted by molar-refractivity contribution is 7.12. The molecule has 0 radical (unpaired) electrons. The Hall–Kier alpha value is -2.48. The molecule has 1 heterocycles. The van der Waals surface area contributed by atoms with Gasteiger partial charge in [0.25, 0.3) is 5.91 Å². The summed E-state index contributed by atoms with van der Waals surface area (Å²) in [7, 11) is 0. The molecular weight excluding hydrogens is 392 g/mol. The van der Waals surface area contributed by atoms with Crippen molar-refractivity contribution in [3.8, 4) is 0 Å². The van der Waals surface area contributed by atoms with E-state index in [1.165, 1.54) is 29.8 Å². The summed E-state index contributed by atoms with van der Waals surface area (Å²) in [6.07, 6.45) is 7.43. The van der Waals surface area contributed by atoms with Crippen LogP contribution >= 0.6 is 11.3 Å². The number of esters is 1. The number of nitrogens with one attached hydrogen (secondary N) is 2. The first kappa shape index (κ1) is 22.8. The van der Waals surface area contributed by atoms with E-state index in [4.69, 9.17) is 4.74 Å². The maximum absolute atomic E-state index is 12.1. The summed E-state index contributed by atoms with van der Waals surface area (Å²) in [5.41, 5.74) is 1.96. The molecule has 3 amide bonds. The number of hydrogen-bond donors (Lipinski definition) is 2. The molecule has 2 N–H and O–H groups in total. The number of thiophene rings is 1. The molecule has 1 aromatic heterocycles. The van der Waals surface area contributed by atoms with E-state index in [9.17, 15) is 19.2 Å². The minimum atomic E-state index is -0.705. The average molecular weight is 421 g/mol. The molecule has 0 saturated carbocycles. The van der Waals surface area contributed by atoms with Crippen LogP contribution in [0.1, 0.15) is 65.1 Å². The monoisotopic (exact) mass is 420 g/mol. The standard InChI is InChI=1S/C21H28N2O5S/c1-14-12-17(15(2)29-14)18(24)8-9-20(26)28-13-19(25)23-21(27)22-11-10-16-6-4-3-5-7-16/h6,12H,3-5,7-11,13H2,1-2H3,(H2,22,23,25,27). The van der Waals surface area contributed by atoms with Crippen LogP contribution in [0.25, 0.3) is 0 Å². The minimum Gasteiger partial charge on any atom is -0.456 e. The molecular formula is C21H28N2O5S. The highest BCUT2D eigenvalue weighted by Gasteiger charge is 2.16. The summed E-state index contributed by atoms with van der Waals surface area (Å²) in [6.45, 7) is 3.69. The number of urea groups is 1. The van der Waals surface area contributed by atoms with Crippen LogP contribution in [0.15, 0.2) is 17.7 Å². The fourth-order valence-electron chi connectivity index (χ4n) is 3.15. The fraction of sp³-hybridized carbons (Fsp3) is 0.524. The Morgan fingerprint density at radius 3 is 2.59 bits per heavy atom. The Kier molecular flexibility index (Phi) is 9.05. The summed E-state index contributed by atoms with van der Waals surface area (Å²) in [4.78, 5) is 49.3. The molecule has 8 heteroatoms. The van der Waals surface area contributed by atoms with Gasteiger partial charge >= 0.3 is 12.0 Å². The van der Waals surface area contributed by atoms with Gasteiger partial charge in [0.2, 0.25) is 0 Å². The van der Waals surface area contributed by atoms with Crippen molar-refractivity contribution in [3.63, 3.8) is 0 Å². The summed E-state index contributed by atoms with van der Waals surface area (Å²) in [5, 5.41) is 4.74. The molecule has 0 unspecified atom stereocenters. The number of aryl methyl sites for hydroxylation is 2.